The van der Waals surface area contributed by atoms with Crippen molar-refractivity contribution in [2.24, 2.45) is 0 Å². The second-order valence-corrected chi connectivity index (χ2v) is 6.70. The fourth-order valence-electron chi connectivity index (χ4n) is 2.45. The summed E-state index contributed by atoms with van der Waals surface area (Å²) in [6.07, 6.45) is 2.19. The van der Waals surface area contributed by atoms with Gasteiger partial charge >= 0.3 is 0 Å². The van der Waals surface area contributed by atoms with Crippen molar-refractivity contribution in [3.63, 3.8) is 0 Å². The molecule has 9 heteroatoms. The molecule has 0 saturated carbocycles. The summed E-state index contributed by atoms with van der Waals surface area (Å²) in [5.74, 6) is -0.0764. The maximum atomic E-state index is 11.7. The van der Waals surface area contributed by atoms with Crippen LogP contribution in [-0.4, -0.2) is 42.3 Å². The molecule has 2 rings (SSSR count). The number of ether oxygens (including phenoxy) is 1. The standard InChI is InChI=1S/C17H21Cl2N3O4/c18-12-5-6-14(13(19)11-12)26-10-2-3-15(23)20-21-16(24)7-9-22-8-1-4-17(22)25/h5-6,11H,1-4,7-10H2,(H,20,23)(H,21,24). The van der Waals surface area contributed by atoms with E-state index in [-0.39, 0.29) is 30.6 Å². The van der Waals surface area contributed by atoms with Crippen molar-refractivity contribution in [1.82, 2.24) is 15.8 Å². The number of hydrazine groups is 1. The molecule has 1 aromatic carbocycles. The van der Waals surface area contributed by atoms with Crippen LogP contribution >= 0.6 is 23.2 Å². The number of nitrogens with one attached hydrogen (secondary N) is 2. The van der Waals surface area contributed by atoms with Gasteiger partial charge in [-0.2, -0.15) is 0 Å². The van der Waals surface area contributed by atoms with Crippen molar-refractivity contribution in [1.29, 1.82) is 0 Å². The van der Waals surface area contributed by atoms with Gasteiger partial charge < -0.3 is 9.64 Å². The van der Waals surface area contributed by atoms with Crippen molar-refractivity contribution < 1.29 is 19.1 Å². The van der Waals surface area contributed by atoms with E-state index in [4.69, 9.17) is 27.9 Å². The first-order valence-electron chi connectivity index (χ1n) is 8.39. The molecule has 1 aromatic rings. The van der Waals surface area contributed by atoms with Gasteiger partial charge in [0.15, 0.2) is 0 Å². The predicted molar refractivity (Wildman–Crippen MR) is 97.9 cm³/mol. The van der Waals surface area contributed by atoms with Crippen LogP contribution in [0.1, 0.15) is 32.1 Å². The summed E-state index contributed by atoms with van der Waals surface area (Å²) in [5.41, 5.74) is 4.69. The SMILES string of the molecule is O=C(CCCOc1ccc(Cl)cc1Cl)NNC(=O)CCN1CCCC1=O. The Hall–Kier alpha value is -1.99. The second kappa shape index (κ2) is 10.2. The number of rotatable bonds is 8. The van der Waals surface area contributed by atoms with Gasteiger partial charge in [-0.3, -0.25) is 25.2 Å². The highest BCUT2D eigenvalue weighted by Gasteiger charge is 2.20. The molecule has 1 heterocycles. The fraction of sp³-hybridized carbons (Fsp3) is 0.471. The van der Waals surface area contributed by atoms with Gasteiger partial charge in [-0.05, 0) is 31.0 Å². The van der Waals surface area contributed by atoms with Crippen molar-refractivity contribution in [2.75, 3.05) is 19.7 Å². The molecule has 7 nitrogen and oxygen atoms in total. The average molecular weight is 402 g/mol. The van der Waals surface area contributed by atoms with Crippen molar-refractivity contribution in [2.45, 2.75) is 32.1 Å². The highest BCUT2D eigenvalue weighted by Crippen LogP contribution is 2.27. The molecule has 2 N–H and O–H groups in total. The first-order chi connectivity index (χ1) is 12.5. The molecule has 3 amide bonds. The minimum Gasteiger partial charge on any atom is -0.492 e. The van der Waals surface area contributed by atoms with Crippen LogP contribution in [0, 0.1) is 0 Å². The first kappa shape index (κ1) is 20.3. The molecule has 1 saturated heterocycles. The van der Waals surface area contributed by atoms with E-state index < -0.39 is 0 Å². The molecule has 0 atom stereocenters. The van der Waals surface area contributed by atoms with E-state index in [9.17, 15) is 14.4 Å². The van der Waals surface area contributed by atoms with Crippen molar-refractivity contribution in [3.05, 3.63) is 28.2 Å². The lowest BCUT2D eigenvalue weighted by atomic mass is 10.3. The van der Waals surface area contributed by atoms with Crippen LogP contribution in [0.3, 0.4) is 0 Å². The molecule has 0 aromatic heterocycles. The monoisotopic (exact) mass is 401 g/mol. The van der Waals surface area contributed by atoms with E-state index in [2.05, 4.69) is 10.9 Å². The van der Waals surface area contributed by atoms with Gasteiger partial charge in [0.05, 0.1) is 11.6 Å². The van der Waals surface area contributed by atoms with Gasteiger partial charge in [0.25, 0.3) is 0 Å². The molecule has 0 unspecified atom stereocenters. The molecule has 26 heavy (non-hydrogen) atoms. The molecule has 1 fully saturated rings. The average Bonchev–Trinajstić information content (AvgIpc) is 3.01. The number of hydrogen-bond acceptors (Lipinski definition) is 4. The van der Waals surface area contributed by atoms with E-state index in [1.165, 1.54) is 0 Å². The van der Waals surface area contributed by atoms with Crippen LogP contribution in [0.4, 0.5) is 0 Å². The van der Waals surface area contributed by atoms with Gasteiger partial charge in [0.2, 0.25) is 17.7 Å². The lowest BCUT2D eigenvalue weighted by Crippen LogP contribution is -2.43. The predicted octanol–water partition coefficient (Wildman–Crippen LogP) is 2.31. The van der Waals surface area contributed by atoms with Crippen LogP contribution in [0.25, 0.3) is 0 Å². The van der Waals surface area contributed by atoms with Crippen LogP contribution in [0.2, 0.25) is 10.0 Å². The maximum Gasteiger partial charge on any atom is 0.240 e. The number of carbonyl (C=O) groups excluding carboxylic acids is 3. The summed E-state index contributed by atoms with van der Waals surface area (Å²) < 4.78 is 5.48. The Labute approximate surface area is 161 Å². The molecule has 1 aliphatic rings. The number of hydrogen-bond donors (Lipinski definition) is 2. The Balaban J connectivity index is 1.55. The molecule has 0 radical (unpaired) electrons. The number of amides is 3. The summed E-state index contributed by atoms with van der Waals surface area (Å²) in [5, 5.41) is 0.928. The smallest absolute Gasteiger partial charge is 0.240 e. The Bertz CT molecular complexity index is 669. The quantitative estimate of drug-likeness (QED) is 0.516. The Morgan fingerprint density at radius 3 is 2.54 bits per heavy atom. The first-order valence-corrected chi connectivity index (χ1v) is 9.14. The Kier molecular flexibility index (Phi) is 8.00. The summed E-state index contributed by atoms with van der Waals surface area (Å²) in [6.45, 7) is 1.37. The zero-order chi connectivity index (χ0) is 18.9. The minimum absolute atomic E-state index is 0.0719. The lowest BCUT2D eigenvalue weighted by Gasteiger charge is -2.15. The van der Waals surface area contributed by atoms with E-state index >= 15 is 0 Å². The summed E-state index contributed by atoms with van der Waals surface area (Å²) in [6, 6.07) is 4.91. The lowest BCUT2D eigenvalue weighted by molar-refractivity contribution is -0.131. The third-order valence-corrected chi connectivity index (χ3v) is 4.35. The van der Waals surface area contributed by atoms with Crippen LogP contribution in [-0.2, 0) is 14.4 Å². The van der Waals surface area contributed by atoms with Crippen molar-refractivity contribution >= 4 is 40.9 Å². The Morgan fingerprint density at radius 2 is 1.88 bits per heavy atom. The van der Waals surface area contributed by atoms with Gasteiger partial charge in [0, 0.05) is 37.4 Å². The van der Waals surface area contributed by atoms with Gasteiger partial charge in [-0.1, -0.05) is 23.2 Å². The van der Waals surface area contributed by atoms with E-state index in [0.717, 1.165) is 6.42 Å². The molecular formula is C17H21Cl2N3O4. The van der Waals surface area contributed by atoms with Crippen LogP contribution in [0.15, 0.2) is 18.2 Å². The summed E-state index contributed by atoms with van der Waals surface area (Å²) in [7, 11) is 0. The van der Waals surface area contributed by atoms with Crippen molar-refractivity contribution in [3.8, 4) is 5.75 Å². The molecule has 142 valence electrons. The number of carbonyl (C=O) groups is 3. The summed E-state index contributed by atoms with van der Waals surface area (Å²) >= 11 is 11.8. The highest BCUT2D eigenvalue weighted by atomic mass is 35.5. The number of nitrogens with zero attached hydrogens (tertiary/aromatic N) is 1. The largest absolute Gasteiger partial charge is 0.492 e. The molecule has 0 bridgehead atoms. The normalized spacial score (nSPS) is 13.6. The molecule has 0 spiro atoms. The Morgan fingerprint density at radius 1 is 1.15 bits per heavy atom. The van der Waals surface area contributed by atoms with Gasteiger partial charge in [0.1, 0.15) is 5.75 Å². The van der Waals surface area contributed by atoms with Crippen LogP contribution < -0.4 is 15.6 Å². The molecular weight excluding hydrogens is 381 g/mol. The van der Waals surface area contributed by atoms with E-state index in [0.29, 0.717) is 48.3 Å². The third kappa shape index (κ3) is 6.72. The zero-order valence-electron chi connectivity index (χ0n) is 14.2. The van der Waals surface area contributed by atoms with E-state index in [1.807, 2.05) is 0 Å². The highest BCUT2D eigenvalue weighted by molar-refractivity contribution is 6.35. The van der Waals surface area contributed by atoms with Crippen LogP contribution in [0.5, 0.6) is 5.75 Å². The second-order valence-electron chi connectivity index (χ2n) is 5.86. The van der Waals surface area contributed by atoms with E-state index in [1.54, 1.807) is 23.1 Å². The number of likely N-dealkylation sites (tertiary alicyclic amines) is 1. The van der Waals surface area contributed by atoms with Gasteiger partial charge in [-0.15, -0.1) is 0 Å². The number of benzene rings is 1. The topological polar surface area (TPSA) is 87.7 Å². The van der Waals surface area contributed by atoms with Gasteiger partial charge in [-0.25, -0.2) is 0 Å². The zero-order valence-corrected chi connectivity index (χ0v) is 15.7. The summed E-state index contributed by atoms with van der Waals surface area (Å²) in [4.78, 5) is 36.5. The number of halogens is 2. The molecule has 1 aliphatic heterocycles. The fourth-order valence-corrected chi connectivity index (χ4v) is 2.91. The minimum atomic E-state index is -0.331. The third-order valence-electron chi connectivity index (χ3n) is 3.82. The molecule has 0 aliphatic carbocycles. The maximum absolute atomic E-state index is 11.7.